The summed E-state index contributed by atoms with van der Waals surface area (Å²) in [7, 11) is 4.23. The second-order valence-electron chi connectivity index (χ2n) is 6.33. The van der Waals surface area contributed by atoms with Crippen LogP contribution in [0.5, 0.6) is 0 Å². The van der Waals surface area contributed by atoms with Crippen molar-refractivity contribution in [1.29, 1.82) is 0 Å². The highest BCUT2D eigenvalue weighted by Gasteiger charge is 2.21. The van der Waals surface area contributed by atoms with E-state index in [1.807, 2.05) is 11.7 Å². The Morgan fingerprint density at radius 1 is 1.38 bits per heavy atom. The molecule has 2 aromatic rings. The van der Waals surface area contributed by atoms with Crippen molar-refractivity contribution in [1.82, 2.24) is 24.2 Å². The molecule has 1 atom stereocenters. The normalized spacial score (nSPS) is 20.4. The van der Waals surface area contributed by atoms with Gasteiger partial charge in [0.1, 0.15) is 5.52 Å². The van der Waals surface area contributed by atoms with Crippen molar-refractivity contribution in [3.05, 3.63) is 10.5 Å². The van der Waals surface area contributed by atoms with Crippen molar-refractivity contribution >= 4 is 23.4 Å². The van der Waals surface area contributed by atoms with E-state index in [1.54, 1.807) is 0 Å². The monoisotopic (exact) mass is 307 g/mol. The summed E-state index contributed by atoms with van der Waals surface area (Å²) in [4.78, 5) is 5.81. The lowest BCUT2D eigenvalue weighted by Gasteiger charge is -2.29. The highest BCUT2D eigenvalue weighted by molar-refractivity contribution is 7.71. The van der Waals surface area contributed by atoms with Crippen LogP contribution in [0.2, 0.25) is 0 Å². The molecule has 0 amide bonds. The number of hydrogen-bond donors (Lipinski definition) is 1. The quantitative estimate of drug-likeness (QED) is 0.883. The molecule has 1 N–H and O–H groups in total. The molecule has 0 radical (unpaired) electrons. The average Bonchev–Trinajstić information content (AvgIpc) is 2.90. The lowest BCUT2D eigenvalue weighted by Crippen LogP contribution is -2.34. The van der Waals surface area contributed by atoms with Crippen LogP contribution in [0, 0.1) is 10.7 Å². The molecular weight excluding hydrogens is 282 g/mol. The number of nitrogens with one attached hydrogen (secondary N) is 1. The summed E-state index contributed by atoms with van der Waals surface area (Å²) in [5.41, 5.74) is 3.42. The van der Waals surface area contributed by atoms with E-state index in [4.69, 9.17) is 12.2 Å². The standard InChI is InChI=1S/C15H25N5S/c1-4-6-12-13-14(19(3)17-12)20(15(21)16-13)10-11-7-5-8-18(2)9-11/h11H,4-10H2,1-3H3,(H,16,21). The molecule has 1 unspecified atom stereocenters. The molecule has 0 aliphatic carbocycles. The number of aromatic amines is 1. The van der Waals surface area contributed by atoms with Gasteiger partial charge in [0.25, 0.3) is 0 Å². The van der Waals surface area contributed by atoms with Gasteiger partial charge in [-0.15, -0.1) is 0 Å². The van der Waals surface area contributed by atoms with Crippen molar-refractivity contribution in [2.75, 3.05) is 20.1 Å². The predicted molar refractivity (Wildman–Crippen MR) is 88.1 cm³/mol. The minimum atomic E-state index is 0.680. The number of nitrogens with zero attached hydrogens (tertiary/aromatic N) is 4. The van der Waals surface area contributed by atoms with E-state index in [-0.39, 0.29) is 0 Å². The zero-order valence-corrected chi connectivity index (χ0v) is 14.0. The van der Waals surface area contributed by atoms with Gasteiger partial charge in [-0.2, -0.15) is 5.10 Å². The molecule has 0 spiro atoms. The highest BCUT2D eigenvalue weighted by Crippen LogP contribution is 2.23. The first-order valence-corrected chi connectivity index (χ1v) is 8.34. The van der Waals surface area contributed by atoms with Gasteiger partial charge >= 0.3 is 0 Å². The van der Waals surface area contributed by atoms with Crippen molar-refractivity contribution in [3.63, 3.8) is 0 Å². The van der Waals surface area contributed by atoms with Crippen LogP contribution in [0.1, 0.15) is 31.9 Å². The maximum absolute atomic E-state index is 5.56. The van der Waals surface area contributed by atoms with E-state index in [2.05, 4.69) is 33.5 Å². The van der Waals surface area contributed by atoms with E-state index >= 15 is 0 Å². The van der Waals surface area contributed by atoms with E-state index in [9.17, 15) is 0 Å². The first-order valence-electron chi connectivity index (χ1n) is 7.93. The fraction of sp³-hybridized carbons (Fsp3) is 0.733. The number of piperidine rings is 1. The second kappa shape index (κ2) is 5.93. The lowest BCUT2D eigenvalue weighted by atomic mass is 9.98. The van der Waals surface area contributed by atoms with Crippen LogP contribution in [0.4, 0.5) is 0 Å². The van der Waals surface area contributed by atoms with Crippen LogP contribution in [0.25, 0.3) is 11.2 Å². The predicted octanol–water partition coefficient (Wildman–Crippen LogP) is 2.73. The summed E-state index contributed by atoms with van der Waals surface area (Å²) in [5, 5.41) is 4.66. The van der Waals surface area contributed by atoms with Crippen molar-refractivity contribution in [2.24, 2.45) is 13.0 Å². The molecule has 0 bridgehead atoms. The molecule has 2 aromatic heterocycles. The number of likely N-dealkylation sites (tertiary alicyclic amines) is 1. The minimum absolute atomic E-state index is 0.680. The summed E-state index contributed by atoms with van der Waals surface area (Å²) >= 11 is 5.56. The molecule has 6 heteroatoms. The number of rotatable bonds is 4. The van der Waals surface area contributed by atoms with Crippen LogP contribution in [-0.2, 0) is 20.0 Å². The Kier molecular flexibility index (Phi) is 4.17. The highest BCUT2D eigenvalue weighted by atomic mass is 32.1. The molecule has 5 nitrogen and oxygen atoms in total. The van der Waals surface area contributed by atoms with Crippen LogP contribution in [0.3, 0.4) is 0 Å². The van der Waals surface area contributed by atoms with Gasteiger partial charge in [0.2, 0.25) is 0 Å². The molecule has 1 saturated heterocycles. The summed E-state index contributed by atoms with van der Waals surface area (Å²) < 4.78 is 5.07. The zero-order chi connectivity index (χ0) is 15.0. The molecule has 0 saturated carbocycles. The Bertz CT molecular complexity index is 680. The third kappa shape index (κ3) is 2.79. The Hall–Kier alpha value is -1.14. The lowest BCUT2D eigenvalue weighted by molar-refractivity contribution is 0.195. The molecule has 1 aliphatic rings. The SMILES string of the molecule is CCCc1nn(C)c2c1[nH]c(=S)n2CC1CCCN(C)C1. The topological polar surface area (TPSA) is 41.8 Å². The summed E-state index contributed by atoms with van der Waals surface area (Å²) in [6.07, 6.45) is 4.68. The minimum Gasteiger partial charge on any atom is -0.328 e. The van der Waals surface area contributed by atoms with E-state index in [0.717, 1.165) is 47.6 Å². The Balaban J connectivity index is 1.94. The first kappa shape index (κ1) is 14.8. The molecule has 116 valence electrons. The van der Waals surface area contributed by atoms with Gasteiger partial charge in [-0.25, -0.2) is 0 Å². The van der Waals surface area contributed by atoms with Gasteiger partial charge in [0.05, 0.1) is 5.69 Å². The van der Waals surface area contributed by atoms with Crippen LogP contribution >= 0.6 is 12.2 Å². The third-order valence-electron chi connectivity index (χ3n) is 4.47. The van der Waals surface area contributed by atoms with Gasteiger partial charge in [0, 0.05) is 20.1 Å². The maximum Gasteiger partial charge on any atom is 0.179 e. The van der Waals surface area contributed by atoms with Crippen molar-refractivity contribution in [2.45, 2.75) is 39.2 Å². The molecule has 3 rings (SSSR count). The first-order chi connectivity index (χ1) is 10.1. The van der Waals surface area contributed by atoms with Crippen LogP contribution in [0.15, 0.2) is 0 Å². The van der Waals surface area contributed by atoms with Gasteiger partial charge in [-0.3, -0.25) is 4.68 Å². The van der Waals surface area contributed by atoms with E-state index in [1.165, 1.54) is 19.4 Å². The van der Waals surface area contributed by atoms with E-state index < -0.39 is 0 Å². The van der Waals surface area contributed by atoms with Crippen molar-refractivity contribution < 1.29 is 0 Å². The van der Waals surface area contributed by atoms with Gasteiger partial charge in [-0.05, 0) is 51.0 Å². The molecule has 1 fully saturated rings. The molecule has 3 heterocycles. The van der Waals surface area contributed by atoms with Gasteiger partial charge in [0.15, 0.2) is 10.4 Å². The number of imidazole rings is 1. The van der Waals surface area contributed by atoms with Crippen LogP contribution < -0.4 is 0 Å². The smallest absolute Gasteiger partial charge is 0.179 e. The molecule has 21 heavy (non-hydrogen) atoms. The maximum atomic E-state index is 5.56. The van der Waals surface area contributed by atoms with Gasteiger partial charge in [-0.1, -0.05) is 13.3 Å². The number of aromatic nitrogens is 4. The number of H-pyrrole nitrogens is 1. The van der Waals surface area contributed by atoms with Gasteiger partial charge < -0.3 is 14.5 Å². The zero-order valence-electron chi connectivity index (χ0n) is 13.2. The molecule has 1 aliphatic heterocycles. The fourth-order valence-corrected chi connectivity index (χ4v) is 3.80. The van der Waals surface area contributed by atoms with Crippen molar-refractivity contribution in [3.8, 4) is 0 Å². The molecular formula is C15H25N5S. The Morgan fingerprint density at radius 3 is 2.90 bits per heavy atom. The Morgan fingerprint density at radius 2 is 2.19 bits per heavy atom. The summed E-state index contributed by atoms with van der Waals surface area (Å²) in [5.74, 6) is 0.680. The van der Waals surface area contributed by atoms with E-state index in [0.29, 0.717) is 5.92 Å². The number of fused-ring (bicyclic) bond motifs is 1. The third-order valence-corrected chi connectivity index (χ3v) is 4.79. The summed E-state index contributed by atoms with van der Waals surface area (Å²) in [6.45, 7) is 5.56. The molecule has 0 aromatic carbocycles. The summed E-state index contributed by atoms with van der Waals surface area (Å²) in [6, 6.07) is 0. The van der Waals surface area contributed by atoms with Crippen LogP contribution in [-0.4, -0.2) is 44.4 Å². The Labute approximate surface area is 130 Å². The number of aryl methyl sites for hydroxylation is 2. The fourth-order valence-electron chi connectivity index (χ4n) is 3.54. The largest absolute Gasteiger partial charge is 0.328 e. The average molecular weight is 307 g/mol. The second-order valence-corrected chi connectivity index (χ2v) is 6.72. The number of hydrogen-bond acceptors (Lipinski definition) is 3.